The molecule has 2 aromatic carbocycles. The van der Waals surface area contributed by atoms with E-state index >= 15 is 4.39 Å². The molecule has 2 saturated heterocycles. The number of sulfone groups is 1. The van der Waals surface area contributed by atoms with Crippen LogP contribution in [-0.4, -0.2) is 72.8 Å². The number of hydrogen-bond donors (Lipinski definition) is 0. The highest BCUT2D eigenvalue weighted by Gasteiger charge is 2.31. The van der Waals surface area contributed by atoms with Gasteiger partial charge >= 0.3 is 0 Å². The highest BCUT2D eigenvalue weighted by molar-refractivity contribution is 7.90. The Labute approximate surface area is 219 Å². The lowest BCUT2D eigenvalue weighted by molar-refractivity contribution is 0.0855. The molecule has 8 heteroatoms. The van der Waals surface area contributed by atoms with Crippen LogP contribution in [0, 0.1) is 11.7 Å². The van der Waals surface area contributed by atoms with Crippen molar-refractivity contribution in [1.29, 1.82) is 0 Å². The molecule has 3 aliphatic rings. The smallest absolute Gasteiger partial charge is 0.175 e. The Hall–Kier alpha value is -2.29. The van der Waals surface area contributed by atoms with Crippen LogP contribution < -0.4 is 0 Å². The van der Waals surface area contributed by atoms with Crippen molar-refractivity contribution in [2.75, 3.05) is 39.0 Å². The molecule has 0 bridgehead atoms. The summed E-state index contributed by atoms with van der Waals surface area (Å²) >= 11 is 0. The summed E-state index contributed by atoms with van der Waals surface area (Å²) in [6.45, 7) is 5.95. The van der Waals surface area contributed by atoms with Crippen LogP contribution in [0.1, 0.15) is 50.0 Å². The largest absolute Gasteiger partial charge is 0.325 e. The lowest BCUT2D eigenvalue weighted by Crippen LogP contribution is -2.47. The minimum Gasteiger partial charge on any atom is -0.325 e. The predicted octanol–water partition coefficient (Wildman–Crippen LogP) is 4.84. The number of fused-ring (bicyclic) bond motifs is 1. The van der Waals surface area contributed by atoms with Gasteiger partial charge in [-0.25, -0.2) is 17.8 Å². The summed E-state index contributed by atoms with van der Waals surface area (Å²) in [5.41, 5.74) is 2.95. The Balaban J connectivity index is 1.14. The molecule has 0 amide bonds. The van der Waals surface area contributed by atoms with Crippen molar-refractivity contribution < 1.29 is 12.8 Å². The summed E-state index contributed by atoms with van der Waals surface area (Å²) in [4.78, 5) is 10.4. The van der Waals surface area contributed by atoms with E-state index in [4.69, 9.17) is 4.98 Å². The first-order valence-electron chi connectivity index (χ1n) is 13.7. The van der Waals surface area contributed by atoms with E-state index in [0.29, 0.717) is 28.8 Å². The van der Waals surface area contributed by atoms with Gasteiger partial charge in [-0.05, 0) is 119 Å². The average molecular weight is 525 g/mol. The van der Waals surface area contributed by atoms with E-state index in [2.05, 4.69) is 15.9 Å². The number of aromatic nitrogens is 2. The van der Waals surface area contributed by atoms with E-state index in [9.17, 15) is 8.42 Å². The Morgan fingerprint density at radius 1 is 0.946 bits per heavy atom. The zero-order valence-corrected chi connectivity index (χ0v) is 22.7. The number of benzene rings is 2. The number of rotatable bonds is 6. The maximum Gasteiger partial charge on any atom is 0.175 e. The van der Waals surface area contributed by atoms with Crippen LogP contribution in [0.4, 0.5) is 4.39 Å². The third kappa shape index (κ3) is 5.20. The van der Waals surface area contributed by atoms with Crippen molar-refractivity contribution in [2.24, 2.45) is 13.0 Å². The van der Waals surface area contributed by atoms with E-state index < -0.39 is 9.84 Å². The molecule has 3 aromatic rings. The normalized spacial score (nSPS) is 21.2. The molecule has 0 radical (unpaired) electrons. The molecule has 0 unspecified atom stereocenters. The third-order valence-electron chi connectivity index (χ3n) is 8.77. The van der Waals surface area contributed by atoms with E-state index in [0.717, 1.165) is 43.0 Å². The van der Waals surface area contributed by atoms with Gasteiger partial charge in [-0.15, -0.1) is 0 Å². The highest BCUT2D eigenvalue weighted by Crippen LogP contribution is 2.35. The van der Waals surface area contributed by atoms with Crippen LogP contribution in [0.15, 0.2) is 41.3 Å². The molecule has 1 aromatic heterocycles. The Morgan fingerprint density at radius 2 is 1.62 bits per heavy atom. The van der Waals surface area contributed by atoms with Crippen molar-refractivity contribution in [1.82, 2.24) is 19.4 Å². The summed E-state index contributed by atoms with van der Waals surface area (Å²) < 4.78 is 40.7. The van der Waals surface area contributed by atoms with Gasteiger partial charge in [0.15, 0.2) is 9.84 Å². The molecule has 1 aliphatic carbocycles. The molecule has 3 heterocycles. The molecule has 198 valence electrons. The summed E-state index contributed by atoms with van der Waals surface area (Å²) in [5, 5.41) is 0. The first-order valence-corrected chi connectivity index (χ1v) is 15.6. The Bertz CT molecular complexity index is 1380. The van der Waals surface area contributed by atoms with Gasteiger partial charge in [-0.1, -0.05) is 0 Å². The lowest BCUT2D eigenvalue weighted by atomic mass is 9.87. The molecule has 0 N–H and O–H groups in total. The van der Waals surface area contributed by atoms with E-state index in [1.54, 1.807) is 34.9 Å². The van der Waals surface area contributed by atoms with Crippen LogP contribution in [0.2, 0.25) is 0 Å². The first kappa shape index (κ1) is 25.0. The van der Waals surface area contributed by atoms with Crippen molar-refractivity contribution in [3.05, 3.63) is 47.8 Å². The second-order valence-electron chi connectivity index (χ2n) is 11.4. The van der Waals surface area contributed by atoms with Crippen LogP contribution >= 0.6 is 0 Å². The number of likely N-dealkylation sites (tertiary alicyclic amines) is 2. The van der Waals surface area contributed by atoms with Gasteiger partial charge in [0.2, 0.25) is 0 Å². The maximum atomic E-state index is 15.4. The SMILES string of the molecule is Cn1c(-c2ccc(S(C)(=O)=O)cc2)nc2cc(C3CCN(C4CCN(CC5CC5)CC4)CC3)cc(F)c21. The Morgan fingerprint density at radius 3 is 2.24 bits per heavy atom. The van der Waals surface area contributed by atoms with Gasteiger partial charge in [0.05, 0.1) is 10.4 Å². The average Bonchev–Trinajstić information content (AvgIpc) is 3.64. The quantitative estimate of drug-likeness (QED) is 0.462. The molecule has 37 heavy (non-hydrogen) atoms. The van der Waals surface area contributed by atoms with Crippen LogP contribution in [-0.2, 0) is 16.9 Å². The standard InChI is InChI=1S/C29H37FN4O2S/c1-32-28-26(30)17-23(18-27(28)31-29(32)22-5-7-25(8-6-22)37(2,35)36)21-9-15-34(16-10-21)24-11-13-33(14-12-24)19-20-3-4-20/h5-8,17-18,20-21,24H,3-4,9-16,19H2,1-2H3. The van der Waals surface area contributed by atoms with Crippen molar-refractivity contribution in [2.45, 2.75) is 55.4 Å². The number of hydrogen-bond acceptors (Lipinski definition) is 5. The number of halogens is 1. The summed E-state index contributed by atoms with van der Waals surface area (Å²) in [6, 6.07) is 11.1. The lowest BCUT2D eigenvalue weighted by Gasteiger charge is -2.42. The van der Waals surface area contributed by atoms with Crippen molar-refractivity contribution in [3.8, 4) is 11.4 Å². The minimum absolute atomic E-state index is 0.244. The summed E-state index contributed by atoms with van der Waals surface area (Å²) in [5.74, 6) is 1.71. The molecule has 3 fully saturated rings. The summed E-state index contributed by atoms with van der Waals surface area (Å²) in [7, 11) is -1.46. The fourth-order valence-electron chi connectivity index (χ4n) is 6.39. The van der Waals surface area contributed by atoms with Gasteiger partial charge in [0.25, 0.3) is 0 Å². The third-order valence-corrected chi connectivity index (χ3v) is 9.90. The van der Waals surface area contributed by atoms with Crippen LogP contribution in [0.25, 0.3) is 22.4 Å². The zero-order valence-electron chi connectivity index (χ0n) is 21.9. The predicted molar refractivity (Wildman–Crippen MR) is 145 cm³/mol. The van der Waals surface area contributed by atoms with Gasteiger partial charge in [0.1, 0.15) is 17.2 Å². The Kier molecular flexibility index (Phi) is 6.62. The second-order valence-corrected chi connectivity index (χ2v) is 13.5. The fraction of sp³-hybridized carbons (Fsp3) is 0.552. The molecule has 1 saturated carbocycles. The monoisotopic (exact) mass is 524 g/mol. The van der Waals surface area contributed by atoms with Gasteiger partial charge < -0.3 is 14.4 Å². The molecule has 6 rings (SSSR count). The molecule has 0 spiro atoms. The number of nitrogens with zero attached hydrogens (tertiary/aromatic N) is 4. The molecule has 2 aliphatic heterocycles. The van der Waals surface area contributed by atoms with Gasteiger partial charge in [0, 0.05) is 31.5 Å². The molecule has 6 nitrogen and oxygen atoms in total. The van der Waals surface area contributed by atoms with Gasteiger partial charge in [-0.3, -0.25) is 0 Å². The van der Waals surface area contributed by atoms with Crippen molar-refractivity contribution in [3.63, 3.8) is 0 Å². The second kappa shape index (κ2) is 9.79. The first-order chi connectivity index (χ1) is 17.8. The summed E-state index contributed by atoms with van der Waals surface area (Å²) in [6.07, 6.45) is 8.72. The van der Waals surface area contributed by atoms with Gasteiger partial charge in [-0.2, -0.15) is 0 Å². The number of piperidine rings is 2. The topological polar surface area (TPSA) is 58.4 Å². The molecule has 0 atom stereocenters. The number of aryl methyl sites for hydroxylation is 1. The molecular formula is C29H37FN4O2S. The van der Waals surface area contributed by atoms with E-state index in [1.165, 1.54) is 51.6 Å². The van der Waals surface area contributed by atoms with Crippen LogP contribution in [0.3, 0.4) is 0 Å². The van der Waals surface area contributed by atoms with E-state index in [-0.39, 0.29) is 10.7 Å². The highest BCUT2D eigenvalue weighted by atomic mass is 32.2. The molecular weight excluding hydrogens is 487 g/mol. The van der Waals surface area contributed by atoms with Crippen molar-refractivity contribution >= 4 is 20.9 Å². The minimum atomic E-state index is -3.27. The zero-order chi connectivity index (χ0) is 25.7. The maximum absolute atomic E-state index is 15.4. The van der Waals surface area contributed by atoms with Crippen LogP contribution in [0.5, 0.6) is 0 Å². The fourth-order valence-corrected chi connectivity index (χ4v) is 7.02. The number of imidazole rings is 1. The van der Waals surface area contributed by atoms with E-state index in [1.807, 2.05) is 7.05 Å².